The Morgan fingerprint density at radius 1 is 1.38 bits per heavy atom. The number of amides is 1. The first-order chi connectivity index (χ1) is 6.20. The summed E-state index contributed by atoms with van der Waals surface area (Å²) in [4.78, 5) is 10.5. The molecule has 0 spiro atoms. The Balaban J connectivity index is 0.000000671. The minimum absolute atomic E-state index is 0.208. The normalized spacial score (nSPS) is 8.54. The molecule has 0 heterocycles. The van der Waals surface area contributed by atoms with Crippen LogP contribution in [0.2, 0.25) is 5.02 Å². The largest absolute Gasteiger partial charge is 0.369 e. The second-order valence-corrected chi connectivity index (χ2v) is 2.64. The molecule has 13 heavy (non-hydrogen) atoms. The lowest BCUT2D eigenvalue weighted by atomic mass is 10.1. The van der Waals surface area contributed by atoms with Gasteiger partial charge in [0.1, 0.15) is 0 Å². The summed E-state index contributed by atoms with van der Waals surface area (Å²) in [6.45, 7) is 4.00. The van der Waals surface area contributed by atoms with Crippen molar-refractivity contribution in [3.63, 3.8) is 0 Å². The van der Waals surface area contributed by atoms with Gasteiger partial charge in [-0.3, -0.25) is 4.79 Å². The third-order valence-electron chi connectivity index (χ3n) is 1.32. The van der Waals surface area contributed by atoms with Gasteiger partial charge in [0.2, 0.25) is 5.91 Å². The number of carbonyl (C=O) groups excluding carboxylic acids is 1. The molecule has 0 saturated carbocycles. The Morgan fingerprint density at radius 3 is 2.38 bits per heavy atom. The van der Waals surface area contributed by atoms with Gasteiger partial charge in [0, 0.05) is 5.02 Å². The Morgan fingerprint density at radius 2 is 1.92 bits per heavy atom. The third-order valence-corrected chi connectivity index (χ3v) is 1.69. The number of rotatable bonds is 2. The van der Waals surface area contributed by atoms with E-state index in [9.17, 15) is 4.79 Å². The molecule has 1 aromatic rings. The number of halogens is 1. The zero-order valence-corrected chi connectivity index (χ0v) is 8.64. The molecule has 72 valence electrons. The van der Waals surface area contributed by atoms with Gasteiger partial charge in [-0.25, -0.2) is 0 Å². The maximum atomic E-state index is 10.5. The number of primary amides is 1. The van der Waals surface area contributed by atoms with Crippen molar-refractivity contribution in [1.29, 1.82) is 0 Å². The SMILES string of the molecule is CC.NC(=O)Cc1ccccc1Cl. The van der Waals surface area contributed by atoms with E-state index in [1.54, 1.807) is 12.1 Å². The third kappa shape index (κ3) is 4.53. The Bertz CT molecular complexity index is 273. The zero-order valence-electron chi connectivity index (χ0n) is 7.88. The second kappa shape index (κ2) is 6.49. The lowest BCUT2D eigenvalue weighted by molar-refractivity contribution is -0.117. The van der Waals surface area contributed by atoms with Crippen molar-refractivity contribution in [2.75, 3.05) is 0 Å². The van der Waals surface area contributed by atoms with Crippen molar-refractivity contribution in [1.82, 2.24) is 0 Å². The van der Waals surface area contributed by atoms with Gasteiger partial charge in [-0.2, -0.15) is 0 Å². The van der Waals surface area contributed by atoms with Crippen molar-refractivity contribution >= 4 is 17.5 Å². The molecule has 0 unspecified atom stereocenters. The van der Waals surface area contributed by atoms with Crippen LogP contribution in [0.4, 0.5) is 0 Å². The van der Waals surface area contributed by atoms with Crippen LogP contribution in [0.15, 0.2) is 24.3 Å². The van der Waals surface area contributed by atoms with Crippen molar-refractivity contribution < 1.29 is 4.79 Å². The first kappa shape index (κ1) is 12.0. The molecule has 1 aromatic carbocycles. The average molecular weight is 200 g/mol. The fourth-order valence-corrected chi connectivity index (χ4v) is 1.03. The Hall–Kier alpha value is -1.02. The summed E-state index contributed by atoms with van der Waals surface area (Å²) in [5.74, 6) is -0.363. The van der Waals surface area contributed by atoms with Crippen LogP contribution in [0.5, 0.6) is 0 Å². The summed E-state index contributed by atoms with van der Waals surface area (Å²) >= 11 is 5.76. The van der Waals surface area contributed by atoms with E-state index < -0.39 is 0 Å². The highest BCUT2D eigenvalue weighted by atomic mass is 35.5. The standard InChI is InChI=1S/C8H8ClNO.C2H6/c9-7-4-2-1-3-6(7)5-8(10)11;1-2/h1-4H,5H2,(H2,10,11);1-2H3. The quantitative estimate of drug-likeness (QED) is 0.781. The van der Waals surface area contributed by atoms with Crippen LogP contribution >= 0.6 is 11.6 Å². The van der Waals surface area contributed by atoms with Gasteiger partial charge in [0.05, 0.1) is 6.42 Å². The lowest BCUT2D eigenvalue weighted by Gasteiger charge is -1.98. The van der Waals surface area contributed by atoms with E-state index in [1.165, 1.54) is 0 Å². The maximum absolute atomic E-state index is 10.5. The number of carbonyl (C=O) groups is 1. The highest BCUT2D eigenvalue weighted by molar-refractivity contribution is 6.31. The molecule has 1 rings (SSSR count). The fraction of sp³-hybridized carbons (Fsp3) is 0.300. The van der Waals surface area contributed by atoms with Gasteiger partial charge in [0.25, 0.3) is 0 Å². The fourth-order valence-electron chi connectivity index (χ4n) is 0.829. The molecule has 0 fully saturated rings. The smallest absolute Gasteiger partial charge is 0.221 e. The molecule has 0 atom stereocenters. The van der Waals surface area contributed by atoms with Crippen LogP contribution in [0.25, 0.3) is 0 Å². The molecule has 0 aromatic heterocycles. The van der Waals surface area contributed by atoms with Crippen LogP contribution in [-0.2, 0) is 11.2 Å². The Labute approximate surface area is 83.7 Å². The number of hydrogen-bond acceptors (Lipinski definition) is 1. The first-order valence-corrected chi connectivity index (χ1v) is 4.59. The van der Waals surface area contributed by atoms with Crippen molar-refractivity contribution in [2.45, 2.75) is 20.3 Å². The summed E-state index contributed by atoms with van der Waals surface area (Å²) in [6.07, 6.45) is 0.208. The van der Waals surface area contributed by atoms with E-state index in [0.29, 0.717) is 5.02 Å². The van der Waals surface area contributed by atoms with E-state index in [0.717, 1.165) is 5.56 Å². The minimum atomic E-state index is -0.363. The second-order valence-electron chi connectivity index (χ2n) is 2.23. The van der Waals surface area contributed by atoms with E-state index in [4.69, 9.17) is 17.3 Å². The minimum Gasteiger partial charge on any atom is -0.369 e. The number of hydrogen-bond donors (Lipinski definition) is 1. The van der Waals surface area contributed by atoms with Gasteiger partial charge in [0.15, 0.2) is 0 Å². The number of benzene rings is 1. The first-order valence-electron chi connectivity index (χ1n) is 4.22. The molecule has 0 aliphatic carbocycles. The molecule has 0 bridgehead atoms. The zero-order chi connectivity index (χ0) is 10.3. The highest BCUT2D eigenvalue weighted by Crippen LogP contribution is 2.14. The molecule has 3 heteroatoms. The Kier molecular flexibility index (Phi) is 5.98. The van der Waals surface area contributed by atoms with Gasteiger partial charge >= 0.3 is 0 Å². The molecular weight excluding hydrogens is 186 g/mol. The molecule has 2 N–H and O–H groups in total. The number of nitrogens with two attached hydrogens (primary N) is 1. The van der Waals surface area contributed by atoms with Gasteiger partial charge in [-0.15, -0.1) is 0 Å². The van der Waals surface area contributed by atoms with Gasteiger partial charge in [-0.05, 0) is 11.6 Å². The van der Waals surface area contributed by atoms with E-state index in [2.05, 4.69) is 0 Å². The van der Waals surface area contributed by atoms with Crippen LogP contribution < -0.4 is 5.73 Å². The molecule has 0 aliphatic rings. The van der Waals surface area contributed by atoms with Gasteiger partial charge < -0.3 is 5.73 Å². The highest BCUT2D eigenvalue weighted by Gasteiger charge is 2.01. The van der Waals surface area contributed by atoms with Crippen molar-refractivity contribution in [2.24, 2.45) is 5.73 Å². The topological polar surface area (TPSA) is 43.1 Å². The summed E-state index contributed by atoms with van der Waals surface area (Å²) in [5.41, 5.74) is 5.78. The molecule has 0 radical (unpaired) electrons. The predicted octanol–water partition coefficient (Wildman–Crippen LogP) is 2.39. The maximum Gasteiger partial charge on any atom is 0.221 e. The molecule has 1 amide bonds. The lowest BCUT2D eigenvalue weighted by Crippen LogP contribution is -2.13. The monoisotopic (exact) mass is 199 g/mol. The summed E-state index contributed by atoms with van der Waals surface area (Å²) in [7, 11) is 0. The molecule has 2 nitrogen and oxygen atoms in total. The predicted molar refractivity (Wildman–Crippen MR) is 55.7 cm³/mol. The van der Waals surface area contributed by atoms with E-state index in [-0.39, 0.29) is 12.3 Å². The molecule has 0 saturated heterocycles. The van der Waals surface area contributed by atoms with Crippen LogP contribution in [-0.4, -0.2) is 5.91 Å². The van der Waals surface area contributed by atoms with Crippen molar-refractivity contribution in [3.05, 3.63) is 34.9 Å². The molecule has 0 aliphatic heterocycles. The summed E-state index contributed by atoms with van der Waals surface area (Å²) in [6, 6.07) is 7.16. The summed E-state index contributed by atoms with van der Waals surface area (Å²) < 4.78 is 0. The van der Waals surface area contributed by atoms with Crippen LogP contribution in [0.3, 0.4) is 0 Å². The van der Waals surface area contributed by atoms with Crippen molar-refractivity contribution in [3.8, 4) is 0 Å². The van der Waals surface area contributed by atoms with Gasteiger partial charge in [-0.1, -0.05) is 43.6 Å². The molecular formula is C10H14ClNO. The van der Waals surface area contributed by atoms with E-state index >= 15 is 0 Å². The summed E-state index contributed by atoms with van der Waals surface area (Å²) in [5, 5.41) is 0.589. The van der Waals surface area contributed by atoms with E-state index in [1.807, 2.05) is 26.0 Å². The van der Waals surface area contributed by atoms with Crippen LogP contribution in [0, 0.1) is 0 Å². The average Bonchev–Trinajstić information content (AvgIpc) is 2.12. The van der Waals surface area contributed by atoms with Crippen LogP contribution in [0.1, 0.15) is 19.4 Å².